The highest BCUT2D eigenvalue weighted by molar-refractivity contribution is 7.91. The van der Waals surface area contributed by atoms with Gasteiger partial charge in [-0.2, -0.15) is 8.42 Å². The Morgan fingerprint density at radius 2 is 1.90 bits per heavy atom. The second-order valence-electron chi connectivity index (χ2n) is 10.9. The third-order valence-corrected chi connectivity index (χ3v) is 11.7. The molecule has 1 aromatic carbocycles. The molecule has 1 amide bonds. The van der Waals surface area contributed by atoms with Crippen LogP contribution in [-0.2, 0) is 42.7 Å². The van der Waals surface area contributed by atoms with Crippen molar-refractivity contribution >= 4 is 53.9 Å². The summed E-state index contributed by atoms with van der Waals surface area (Å²) in [5.74, 6) is -1.36. The van der Waals surface area contributed by atoms with Crippen LogP contribution in [0.5, 0.6) is 11.5 Å². The summed E-state index contributed by atoms with van der Waals surface area (Å²) in [6.45, 7) is -0.0478. The van der Waals surface area contributed by atoms with E-state index in [2.05, 4.69) is 14.4 Å². The van der Waals surface area contributed by atoms with Crippen molar-refractivity contribution in [2.75, 3.05) is 25.8 Å². The number of carbonyl (C=O) groups excluding carboxylic acids is 2. The monoisotopic (exact) mass is 622 g/mol. The van der Waals surface area contributed by atoms with Crippen LogP contribution in [0.25, 0.3) is 0 Å². The molecule has 220 valence electrons. The summed E-state index contributed by atoms with van der Waals surface area (Å²) in [6, 6.07) is 5.06. The summed E-state index contributed by atoms with van der Waals surface area (Å²) in [5.41, 5.74) is 0.972. The maximum Gasteiger partial charge on any atom is 0.287 e. The van der Waals surface area contributed by atoms with Crippen LogP contribution in [0.4, 0.5) is 5.00 Å². The quantitative estimate of drug-likeness (QED) is 0.420. The highest BCUT2D eigenvalue weighted by Crippen LogP contribution is 2.54. The van der Waals surface area contributed by atoms with Crippen molar-refractivity contribution in [2.45, 2.75) is 43.3 Å². The van der Waals surface area contributed by atoms with Gasteiger partial charge in [0.25, 0.3) is 10.0 Å². The van der Waals surface area contributed by atoms with Gasteiger partial charge in [0, 0.05) is 42.2 Å². The third kappa shape index (κ3) is 4.81. The second kappa shape index (κ2) is 10.1. The molecule has 2 saturated carbocycles. The van der Waals surface area contributed by atoms with Gasteiger partial charge in [0.1, 0.15) is 27.2 Å². The zero-order valence-corrected chi connectivity index (χ0v) is 25.1. The predicted octanol–water partition coefficient (Wildman–Crippen LogP) is 1.97. The fourth-order valence-electron chi connectivity index (χ4n) is 6.86. The molecule has 12 nitrogen and oxygen atoms in total. The Hall–Kier alpha value is -3.01. The summed E-state index contributed by atoms with van der Waals surface area (Å²) in [4.78, 5) is 29.7. The molecule has 2 aromatic rings. The third-order valence-electron chi connectivity index (χ3n) is 8.54. The van der Waals surface area contributed by atoms with Gasteiger partial charge in [0.05, 0.1) is 20.5 Å². The molecule has 41 heavy (non-hydrogen) atoms. The Balaban J connectivity index is 1.36. The Kier molecular flexibility index (Phi) is 6.91. The molecule has 0 radical (unpaired) electrons. The van der Waals surface area contributed by atoms with E-state index < -0.39 is 37.8 Å². The lowest BCUT2D eigenvalue weighted by Crippen LogP contribution is -2.61. The number of Topliss-reactive ketones (excluding diaryl/α,β-unsaturated/α-hetero) is 1. The van der Waals surface area contributed by atoms with Crippen LogP contribution in [0.2, 0.25) is 0 Å². The van der Waals surface area contributed by atoms with Gasteiger partial charge in [-0.25, -0.2) is 13.1 Å². The van der Waals surface area contributed by atoms with Gasteiger partial charge in [-0.05, 0) is 48.6 Å². The number of likely N-dealkylation sites (tertiary alicyclic amines) is 1. The Morgan fingerprint density at radius 1 is 1.15 bits per heavy atom. The average Bonchev–Trinajstić information content (AvgIpc) is 3.64. The minimum Gasteiger partial charge on any atom is -0.497 e. The fraction of sp³-hybridized carbons (Fsp3) is 0.500. The summed E-state index contributed by atoms with van der Waals surface area (Å²) in [7, 11) is -4.81. The molecule has 3 heterocycles. The number of amidine groups is 1. The van der Waals surface area contributed by atoms with Gasteiger partial charge < -0.3 is 19.7 Å². The number of anilines is 1. The number of hydrogen-bond donors (Lipinski definition) is 2. The minimum absolute atomic E-state index is 0.125. The van der Waals surface area contributed by atoms with Crippen molar-refractivity contribution in [3.8, 4) is 11.5 Å². The first-order valence-corrected chi connectivity index (χ1v) is 17.3. The van der Waals surface area contributed by atoms with Crippen molar-refractivity contribution in [1.29, 1.82) is 0 Å². The smallest absolute Gasteiger partial charge is 0.287 e. The van der Waals surface area contributed by atoms with Crippen molar-refractivity contribution in [1.82, 2.24) is 9.62 Å². The number of thiophene rings is 1. The SMILES string of the molecule is COc1ccc(CN2C(=O)C(C3=NS(=O)(=O)c4c(CNS(C)(=O)=O)csc4N3)C(=O)[C@@H]3[C@H]4CC[C@H](C4)[C@@H]32)c(OC)c1. The lowest BCUT2D eigenvalue weighted by atomic mass is 9.73. The minimum atomic E-state index is -4.33. The molecular weight excluding hydrogens is 593 g/mol. The van der Waals surface area contributed by atoms with E-state index >= 15 is 0 Å². The number of rotatable bonds is 8. The first-order chi connectivity index (χ1) is 19.4. The lowest BCUT2D eigenvalue weighted by Gasteiger charge is -2.45. The Bertz CT molecular complexity index is 1680. The average molecular weight is 623 g/mol. The number of hydrogen-bond acceptors (Lipinski definition) is 10. The van der Waals surface area contributed by atoms with Crippen molar-refractivity contribution in [2.24, 2.45) is 28.1 Å². The molecule has 15 heteroatoms. The van der Waals surface area contributed by atoms with E-state index in [1.54, 1.807) is 24.1 Å². The molecule has 2 bridgehead atoms. The van der Waals surface area contributed by atoms with E-state index in [-0.39, 0.29) is 58.0 Å². The molecule has 5 atom stereocenters. The van der Waals surface area contributed by atoms with Gasteiger partial charge in [0.2, 0.25) is 15.9 Å². The summed E-state index contributed by atoms with van der Waals surface area (Å²) < 4.78 is 67.0. The van der Waals surface area contributed by atoms with E-state index in [4.69, 9.17) is 9.47 Å². The number of ether oxygens (including phenoxy) is 2. The molecule has 6 rings (SSSR count). The normalized spacial score (nSPS) is 28.1. The standard InChI is InChI=1S/C26H30N4O8S3/c1-37-17-7-6-15(18(9-17)38-2)11-30-21-14-5-4-13(8-14)19(21)22(31)20(26(30)32)24-28-25-23(41(35,36)29-24)16(12-39-25)10-27-40(3,33)34/h6-7,9,12-14,19-21,27H,4-5,8,10-11H2,1-3H3,(H,28,29)/t13-,14+,19+,20?,21-/m0/s1. The number of carbonyl (C=O) groups is 2. The van der Waals surface area contributed by atoms with Crippen LogP contribution in [0, 0.1) is 23.7 Å². The molecule has 2 N–H and O–H groups in total. The van der Waals surface area contributed by atoms with E-state index in [9.17, 15) is 26.4 Å². The number of sulfonamides is 2. The number of piperidine rings is 1. The van der Waals surface area contributed by atoms with Crippen molar-refractivity contribution in [3.05, 3.63) is 34.7 Å². The number of fused-ring (bicyclic) bond motifs is 6. The van der Waals surface area contributed by atoms with E-state index in [0.29, 0.717) is 11.5 Å². The predicted molar refractivity (Wildman–Crippen MR) is 151 cm³/mol. The lowest BCUT2D eigenvalue weighted by molar-refractivity contribution is -0.153. The van der Waals surface area contributed by atoms with Crippen molar-refractivity contribution < 1.29 is 35.9 Å². The van der Waals surface area contributed by atoms with Crippen molar-refractivity contribution in [3.63, 3.8) is 0 Å². The second-order valence-corrected chi connectivity index (χ2v) is 15.2. The Labute approximate surface area is 242 Å². The number of benzene rings is 1. The van der Waals surface area contributed by atoms with Crippen LogP contribution in [0.15, 0.2) is 32.9 Å². The molecular formula is C26H30N4O8S3. The first-order valence-electron chi connectivity index (χ1n) is 13.1. The maximum absolute atomic E-state index is 14.2. The molecule has 3 fully saturated rings. The van der Waals surface area contributed by atoms with Crippen LogP contribution in [0.1, 0.15) is 30.4 Å². The number of ketones is 1. The first kappa shape index (κ1) is 28.1. The number of amides is 1. The molecule has 1 saturated heterocycles. The molecule has 2 aliphatic carbocycles. The molecule has 2 aliphatic heterocycles. The topological polar surface area (TPSA) is 161 Å². The number of nitrogens with one attached hydrogen (secondary N) is 2. The number of methoxy groups -OCH3 is 2. The summed E-state index contributed by atoms with van der Waals surface area (Å²) in [5, 5.41) is 4.66. The summed E-state index contributed by atoms with van der Waals surface area (Å²) >= 11 is 1.05. The number of nitrogens with zero attached hydrogens (tertiary/aromatic N) is 2. The fourth-order valence-corrected chi connectivity index (χ4v) is 9.92. The van der Waals surface area contributed by atoms with Gasteiger partial charge in [0.15, 0.2) is 11.7 Å². The highest BCUT2D eigenvalue weighted by Gasteiger charge is 2.61. The van der Waals surface area contributed by atoms with E-state index in [1.165, 1.54) is 12.5 Å². The molecule has 4 aliphatic rings. The maximum atomic E-state index is 14.2. The van der Waals surface area contributed by atoms with E-state index in [1.807, 2.05) is 6.07 Å². The zero-order valence-electron chi connectivity index (χ0n) is 22.6. The van der Waals surface area contributed by atoms with E-state index in [0.717, 1.165) is 42.4 Å². The van der Waals surface area contributed by atoms with Crippen LogP contribution in [0.3, 0.4) is 0 Å². The molecule has 1 aromatic heterocycles. The van der Waals surface area contributed by atoms with Crippen LogP contribution < -0.4 is 19.5 Å². The zero-order chi connectivity index (χ0) is 29.3. The highest BCUT2D eigenvalue weighted by atomic mass is 32.2. The van der Waals surface area contributed by atoms with Gasteiger partial charge in [-0.1, -0.05) is 0 Å². The van der Waals surface area contributed by atoms with Crippen LogP contribution >= 0.6 is 11.3 Å². The molecule has 0 spiro atoms. The largest absolute Gasteiger partial charge is 0.497 e. The van der Waals surface area contributed by atoms with Gasteiger partial charge in [-0.3, -0.25) is 9.59 Å². The van der Waals surface area contributed by atoms with Gasteiger partial charge >= 0.3 is 0 Å². The van der Waals surface area contributed by atoms with Crippen LogP contribution in [-0.4, -0.2) is 65.8 Å². The molecule has 1 unspecified atom stereocenters. The summed E-state index contributed by atoms with van der Waals surface area (Å²) in [6.07, 6.45) is 3.65. The Morgan fingerprint density at radius 3 is 2.61 bits per heavy atom. The van der Waals surface area contributed by atoms with Gasteiger partial charge in [-0.15, -0.1) is 15.7 Å².